The predicted molar refractivity (Wildman–Crippen MR) is 93.4 cm³/mol. The van der Waals surface area contributed by atoms with E-state index < -0.39 is 0 Å². The van der Waals surface area contributed by atoms with Crippen LogP contribution in [-0.4, -0.2) is 9.97 Å². The highest BCUT2D eigenvalue weighted by atomic mass is 16.5. The van der Waals surface area contributed by atoms with Crippen molar-refractivity contribution < 1.29 is 9.47 Å². The van der Waals surface area contributed by atoms with E-state index in [0.29, 0.717) is 6.61 Å². The van der Waals surface area contributed by atoms with Gasteiger partial charge in [0.15, 0.2) is 0 Å². The molecular formula is C20H16N2O2. The summed E-state index contributed by atoms with van der Waals surface area (Å²) in [7, 11) is 0. The quantitative estimate of drug-likeness (QED) is 0.567. The molecule has 2 heterocycles. The van der Waals surface area contributed by atoms with E-state index in [1.165, 1.54) is 0 Å². The van der Waals surface area contributed by atoms with Crippen molar-refractivity contribution in [1.29, 1.82) is 0 Å². The minimum Gasteiger partial charge on any atom is -0.489 e. The molecule has 4 aromatic rings. The number of pyridine rings is 1. The maximum absolute atomic E-state index is 5.95. The highest BCUT2D eigenvalue weighted by molar-refractivity contribution is 5.82. The molecular weight excluding hydrogens is 300 g/mol. The summed E-state index contributed by atoms with van der Waals surface area (Å²) in [6, 6.07) is 21.5. The summed E-state index contributed by atoms with van der Waals surface area (Å²) < 4.78 is 11.7. The number of aromatic nitrogens is 2. The summed E-state index contributed by atoms with van der Waals surface area (Å²) in [5.41, 5.74) is 1.96. The number of nitrogens with zero attached hydrogens (tertiary/aromatic N) is 1. The monoisotopic (exact) mass is 316 g/mol. The van der Waals surface area contributed by atoms with E-state index in [2.05, 4.69) is 9.97 Å². The highest BCUT2D eigenvalue weighted by Crippen LogP contribution is 2.29. The minimum atomic E-state index is 0.551. The average Bonchev–Trinajstić information content (AvgIpc) is 3.12. The predicted octanol–water partition coefficient (Wildman–Crippen LogP) is 4.93. The van der Waals surface area contributed by atoms with Crippen LogP contribution in [-0.2, 0) is 6.61 Å². The van der Waals surface area contributed by atoms with Crippen LogP contribution in [0.15, 0.2) is 79.1 Å². The summed E-state index contributed by atoms with van der Waals surface area (Å²) in [4.78, 5) is 7.33. The molecule has 4 rings (SSSR count). The van der Waals surface area contributed by atoms with Crippen LogP contribution in [0, 0.1) is 0 Å². The second-order valence-corrected chi connectivity index (χ2v) is 5.40. The topological polar surface area (TPSA) is 47.1 Å². The highest BCUT2D eigenvalue weighted by Gasteiger charge is 2.05. The number of hydrogen-bond donors (Lipinski definition) is 1. The number of benzene rings is 2. The van der Waals surface area contributed by atoms with Gasteiger partial charge in [-0.2, -0.15) is 0 Å². The lowest BCUT2D eigenvalue weighted by molar-refractivity contribution is 0.306. The molecule has 0 aliphatic carbocycles. The van der Waals surface area contributed by atoms with Crippen molar-refractivity contribution >= 4 is 11.0 Å². The fourth-order valence-electron chi connectivity index (χ4n) is 2.50. The van der Waals surface area contributed by atoms with Crippen molar-refractivity contribution in [3.05, 3.63) is 84.7 Å². The summed E-state index contributed by atoms with van der Waals surface area (Å²) in [5, 5.41) is 0.960. The number of rotatable bonds is 5. The molecule has 1 N–H and O–H groups in total. The van der Waals surface area contributed by atoms with Gasteiger partial charge in [0.1, 0.15) is 29.5 Å². The molecule has 118 valence electrons. The number of aromatic amines is 1. The van der Waals surface area contributed by atoms with Gasteiger partial charge in [-0.05, 0) is 42.0 Å². The van der Waals surface area contributed by atoms with Crippen LogP contribution in [0.25, 0.3) is 11.0 Å². The maximum atomic E-state index is 5.95. The first-order chi connectivity index (χ1) is 11.9. The first-order valence-electron chi connectivity index (χ1n) is 7.75. The third-order valence-electron chi connectivity index (χ3n) is 3.72. The van der Waals surface area contributed by atoms with Crippen LogP contribution >= 0.6 is 0 Å². The Labute approximate surface area is 139 Å². The zero-order valence-electron chi connectivity index (χ0n) is 13.0. The first kappa shape index (κ1) is 14.3. The summed E-state index contributed by atoms with van der Waals surface area (Å²) >= 11 is 0. The van der Waals surface area contributed by atoms with Crippen molar-refractivity contribution in [2.45, 2.75) is 6.61 Å². The number of hydrogen-bond acceptors (Lipinski definition) is 3. The molecule has 0 unspecified atom stereocenters. The van der Waals surface area contributed by atoms with Crippen LogP contribution < -0.4 is 9.47 Å². The second kappa shape index (κ2) is 6.46. The largest absolute Gasteiger partial charge is 0.489 e. The molecule has 0 saturated heterocycles. The summed E-state index contributed by atoms with van der Waals surface area (Å²) in [6.45, 7) is 0.551. The van der Waals surface area contributed by atoms with E-state index in [1.54, 1.807) is 6.20 Å². The summed E-state index contributed by atoms with van der Waals surface area (Å²) in [6.07, 6.45) is 3.58. The maximum Gasteiger partial charge on any atom is 0.140 e. The standard InChI is InChI=1S/C20H16N2O2/c1-2-4-15(5-3-1)14-23-16-6-8-17(9-7-16)24-19-11-13-22-20-18(19)10-12-21-20/h1-13H,14H2,(H,21,22). The van der Waals surface area contributed by atoms with Crippen molar-refractivity contribution in [3.63, 3.8) is 0 Å². The van der Waals surface area contributed by atoms with Crippen molar-refractivity contribution in [2.75, 3.05) is 0 Å². The molecule has 0 fully saturated rings. The Bertz CT molecular complexity index is 931. The summed E-state index contributed by atoms with van der Waals surface area (Å²) in [5.74, 6) is 2.35. The van der Waals surface area contributed by atoms with Gasteiger partial charge >= 0.3 is 0 Å². The molecule has 4 nitrogen and oxygen atoms in total. The lowest BCUT2D eigenvalue weighted by atomic mass is 10.2. The van der Waals surface area contributed by atoms with Crippen LogP contribution in [0.1, 0.15) is 5.56 Å². The third kappa shape index (κ3) is 3.08. The van der Waals surface area contributed by atoms with Crippen LogP contribution in [0.2, 0.25) is 0 Å². The Balaban J connectivity index is 1.45. The average molecular weight is 316 g/mol. The fraction of sp³-hybridized carbons (Fsp3) is 0.0500. The van der Waals surface area contributed by atoms with E-state index in [1.807, 2.05) is 72.9 Å². The van der Waals surface area contributed by atoms with Gasteiger partial charge in [0, 0.05) is 12.4 Å². The van der Waals surface area contributed by atoms with Crippen LogP contribution in [0.5, 0.6) is 17.2 Å². The number of H-pyrrole nitrogens is 1. The Morgan fingerprint density at radius 3 is 2.46 bits per heavy atom. The van der Waals surface area contributed by atoms with Crippen molar-refractivity contribution in [2.24, 2.45) is 0 Å². The first-order valence-corrected chi connectivity index (χ1v) is 7.75. The van der Waals surface area contributed by atoms with E-state index in [0.717, 1.165) is 33.8 Å². The second-order valence-electron chi connectivity index (χ2n) is 5.40. The third-order valence-corrected chi connectivity index (χ3v) is 3.72. The van der Waals surface area contributed by atoms with Crippen molar-refractivity contribution in [1.82, 2.24) is 9.97 Å². The van der Waals surface area contributed by atoms with Gasteiger partial charge in [0.2, 0.25) is 0 Å². The molecule has 2 aromatic carbocycles. The zero-order valence-corrected chi connectivity index (χ0v) is 13.0. The normalized spacial score (nSPS) is 10.7. The van der Waals surface area contributed by atoms with Gasteiger partial charge < -0.3 is 14.5 Å². The number of ether oxygens (including phenoxy) is 2. The molecule has 0 aliphatic rings. The Kier molecular flexibility index (Phi) is 3.86. The number of fused-ring (bicyclic) bond motifs is 1. The van der Waals surface area contributed by atoms with Gasteiger partial charge in [0.05, 0.1) is 5.39 Å². The SMILES string of the molecule is c1ccc(COc2ccc(Oc3ccnc4[nH]ccc34)cc2)cc1. The van der Waals surface area contributed by atoms with E-state index in [4.69, 9.17) is 9.47 Å². The molecule has 0 bridgehead atoms. The van der Waals surface area contributed by atoms with Gasteiger partial charge in [-0.1, -0.05) is 30.3 Å². The van der Waals surface area contributed by atoms with E-state index in [-0.39, 0.29) is 0 Å². The fourth-order valence-corrected chi connectivity index (χ4v) is 2.50. The van der Waals surface area contributed by atoms with Gasteiger partial charge in [-0.3, -0.25) is 0 Å². The van der Waals surface area contributed by atoms with E-state index in [9.17, 15) is 0 Å². The van der Waals surface area contributed by atoms with Crippen molar-refractivity contribution in [3.8, 4) is 17.2 Å². The molecule has 24 heavy (non-hydrogen) atoms. The smallest absolute Gasteiger partial charge is 0.140 e. The lowest BCUT2D eigenvalue weighted by Crippen LogP contribution is -1.94. The Morgan fingerprint density at radius 1 is 0.833 bits per heavy atom. The van der Waals surface area contributed by atoms with E-state index >= 15 is 0 Å². The minimum absolute atomic E-state index is 0.551. The van der Waals surface area contributed by atoms with Gasteiger partial charge in [-0.15, -0.1) is 0 Å². The molecule has 0 radical (unpaired) electrons. The molecule has 0 amide bonds. The van der Waals surface area contributed by atoms with Gasteiger partial charge in [0.25, 0.3) is 0 Å². The molecule has 0 spiro atoms. The molecule has 0 atom stereocenters. The lowest BCUT2D eigenvalue weighted by Gasteiger charge is -2.09. The number of nitrogens with one attached hydrogen (secondary N) is 1. The van der Waals surface area contributed by atoms with Crippen LogP contribution in [0.3, 0.4) is 0 Å². The van der Waals surface area contributed by atoms with Crippen LogP contribution in [0.4, 0.5) is 0 Å². The molecule has 4 heteroatoms. The zero-order chi connectivity index (χ0) is 16.2. The Morgan fingerprint density at radius 2 is 1.62 bits per heavy atom. The molecule has 0 aliphatic heterocycles. The molecule has 0 saturated carbocycles. The molecule has 2 aromatic heterocycles. The van der Waals surface area contributed by atoms with Gasteiger partial charge in [-0.25, -0.2) is 4.98 Å². The Hall–Kier alpha value is -3.27.